The molecule has 0 aromatic heterocycles. The van der Waals surface area contributed by atoms with Gasteiger partial charge in [-0.25, -0.2) is 0 Å². The average Bonchev–Trinajstić information content (AvgIpc) is 1.83. The fourth-order valence-corrected chi connectivity index (χ4v) is 3.67. The number of hydrogen-bond acceptors (Lipinski definition) is 1. The highest BCUT2D eigenvalue weighted by Crippen LogP contribution is 2.49. The number of alkyl halides is 1. The zero-order valence-electron chi connectivity index (χ0n) is 7.26. The minimum atomic E-state index is 0.891. The van der Waals surface area contributed by atoms with Crippen molar-refractivity contribution in [2.75, 3.05) is 14.1 Å². The van der Waals surface area contributed by atoms with E-state index in [0.717, 1.165) is 21.8 Å². The Balaban J connectivity index is 2.01. The van der Waals surface area contributed by atoms with Crippen LogP contribution in [0.5, 0.6) is 0 Å². The second-order valence-electron chi connectivity index (χ2n) is 4.27. The molecular formula is C9H16IN. The maximum absolute atomic E-state index is 2.64. The van der Waals surface area contributed by atoms with Crippen molar-refractivity contribution in [1.82, 2.24) is 4.90 Å². The van der Waals surface area contributed by atoms with Gasteiger partial charge in [0, 0.05) is 9.97 Å². The molecule has 3 fully saturated rings. The summed E-state index contributed by atoms with van der Waals surface area (Å²) in [6.07, 6.45) is 4.45. The van der Waals surface area contributed by atoms with Crippen LogP contribution in [0.1, 0.15) is 19.3 Å². The summed E-state index contributed by atoms with van der Waals surface area (Å²) < 4.78 is 0.963. The van der Waals surface area contributed by atoms with Crippen LogP contribution in [0, 0.1) is 11.8 Å². The summed E-state index contributed by atoms with van der Waals surface area (Å²) in [6.45, 7) is 0. The van der Waals surface area contributed by atoms with Gasteiger partial charge in [0.05, 0.1) is 0 Å². The van der Waals surface area contributed by atoms with E-state index in [1.807, 2.05) is 0 Å². The van der Waals surface area contributed by atoms with Crippen LogP contribution in [0.2, 0.25) is 0 Å². The van der Waals surface area contributed by atoms with Gasteiger partial charge in [-0.3, -0.25) is 0 Å². The number of rotatable bonds is 1. The van der Waals surface area contributed by atoms with Crippen LogP contribution in [-0.2, 0) is 0 Å². The first-order valence-electron chi connectivity index (χ1n) is 4.49. The molecule has 3 aliphatic carbocycles. The predicted octanol–water partition coefficient (Wildman–Crippen LogP) is 2.15. The maximum Gasteiger partial charge on any atom is 0.0153 e. The van der Waals surface area contributed by atoms with Gasteiger partial charge >= 0.3 is 0 Å². The van der Waals surface area contributed by atoms with Crippen molar-refractivity contribution >= 4 is 22.6 Å². The fraction of sp³-hybridized carbons (Fsp3) is 1.00. The maximum atomic E-state index is 2.64. The van der Waals surface area contributed by atoms with Gasteiger partial charge < -0.3 is 4.90 Å². The molecule has 11 heavy (non-hydrogen) atoms. The Morgan fingerprint density at radius 2 is 1.73 bits per heavy atom. The van der Waals surface area contributed by atoms with Crippen LogP contribution in [0.4, 0.5) is 0 Å². The van der Waals surface area contributed by atoms with E-state index in [4.69, 9.17) is 0 Å². The molecule has 0 saturated heterocycles. The van der Waals surface area contributed by atoms with Gasteiger partial charge in [-0.15, -0.1) is 0 Å². The second kappa shape index (κ2) is 2.87. The van der Waals surface area contributed by atoms with Gasteiger partial charge in [-0.1, -0.05) is 22.6 Å². The van der Waals surface area contributed by atoms with Gasteiger partial charge in [-0.2, -0.15) is 0 Å². The van der Waals surface area contributed by atoms with Gasteiger partial charge in [0.15, 0.2) is 0 Å². The van der Waals surface area contributed by atoms with E-state index in [9.17, 15) is 0 Å². The number of halogens is 1. The molecule has 0 aromatic rings. The van der Waals surface area contributed by atoms with Gasteiger partial charge in [0.1, 0.15) is 0 Å². The van der Waals surface area contributed by atoms with Crippen molar-refractivity contribution in [1.29, 1.82) is 0 Å². The molecule has 3 aliphatic rings. The SMILES string of the molecule is CN(C)C1C[C@@H](I)C2CC1C2. The molecule has 0 N–H and O–H groups in total. The largest absolute Gasteiger partial charge is 0.306 e. The summed E-state index contributed by atoms with van der Waals surface area (Å²) in [5.41, 5.74) is 0. The van der Waals surface area contributed by atoms with Gasteiger partial charge in [0.25, 0.3) is 0 Å². The number of hydrogen-bond donors (Lipinski definition) is 0. The summed E-state index contributed by atoms with van der Waals surface area (Å²) in [5.74, 6) is 2.12. The second-order valence-corrected chi connectivity index (χ2v) is 5.87. The molecule has 2 atom stereocenters. The van der Waals surface area contributed by atoms with E-state index in [-0.39, 0.29) is 0 Å². The smallest absolute Gasteiger partial charge is 0.0153 e. The van der Waals surface area contributed by atoms with Crippen LogP contribution in [0.15, 0.2) is 0 Å². The molecule has 64 valence electrons. The summed E-state index contributed by atoms with van der Waals surface area (Å²) in [5, 5.41) is 0. The average molecular weight is 265 g/mol. The molecule has 2 heteroatoms. The molecule has 0 amide bonds. The Morgan fingerprint density at radius 3 is 2.09 bits per heavy atom. The van der Waals surface area contributed by atoms with E-state index in [1.165, 1.54) is 19.3 Å². The lowest BCUT2D eigenvalue weighted by Crippen LogP contribution is -2.51. The third kappa shape index (κ3) is 1.32. The van der Waals surface area contributed by atoms with Crippen LogP contribution < -0.4 is 0 Å². The zero-order chi connectivity index (χ0) is 8.01. The van der Waals surface area contributed by atoms with Crippen molar-refractivity contribution in [3.8, 4) is 0 Å². The summed E-state index contributed by atoms with van der Waals surface area (Å²) in [7, 11) is 4.46. The highest BCUT2D eigenvalue weighted by molar-refractivity contribution is 14.1. The Morgan fingerprint density at radius 1 is 1.09 bits per heavy atom. The third-order valence-electron chi connectivity index (χ3n) is 3.40. The van der Waals surface area contributed by atoms with Crippen molar-refractivity contribution in [3.05, 3.63) is 0 Å². The minimum absolute atomic E-state index is 0.891. The van der Waals surface area contributed by atoms with E-state index < -0.39 is 0 Å². The molecule has 1 nitrogen and oxygen atoms in total. The molecular weight excluding hydrogens is 249 g/mol. The molecule has 2 bridgehead atoms. The van der Waals surface area contributed by atoms with E-state index in [2.05, 4.69) is 41.6 Å². The molecule has 0 aliphatic heterocycles. The quantitative estimate of drug-likeness (QED) is 0.518. The third-order valence-corrected chi connectivity index (χ3v) is 4.92. The zero-order valence-corrected chi connectivity index (χ0v) is 9.41. The Bertz CT molecular complexity index is 152. The molecule has 0 radical (unpaired) electrons. The lowest BCUT2D eigenvalue weighted by atomic mass is 9.62. The first-order valence-corrected chi connectivity index (χ1v) is 5.73. The first-order chi connectivity index (χ1) is 5.18. The van der Waals surface area contributed by atoms with Crippen LogP contribution >= 0.6 is 22.6 Å². The monoisotopic (exact) mass is 265 g/mol. The highest BCUT2D eigenvalue weighted by Gasteiger charge is 2.45. The summed E-state index contributed by atoms with van der Waals surface area (Å²) in [4.78, 5) is 2.42. The first kappa shape index (κ1) is 8.30. The van der Waals surface area contributed by atoms with Crippen molar-refractivity contribution in [2.45, 2.75) is 29.2 Å². The molecule has 1 unspecified atom stereocenters. The van der Waals surface area contributed by atoms with Crippen molar-refractivity contribution in [3.63, 3.8) is 0 Å². The predicted molar refractivity (Wildman–Crippen MR) is 56.1 cm³/mol. The van der Waals surface area contributed by atoms with E-state index in [1.54, 1.807) is 0 Å². The highest BCUT2D eigenvalue weighted by atomic mass is 127. The molecule has 3 rings (SSSR count). The van der Waals surface area contributed by atoms with Gasteiger partial charge in [0.2, 0.25) is 0 Å². The van der Waals surface area contributed by atoms with Crippen LogP contribution in [0.25, 0.3) is 0 Å². The summed E-state index contributed by atoms with van der Waals surface area (Å²) >= 11 is 2.64. The van der Waals surface area contributed by atoms with Crippen LogP contribution in [-0.4, -0.2) is 29.0 Å². The Kier molecular flexibility index (Phi) is 2.17. The van der Waals surface area contributed by atoms with Crippen molar-refractivity contribution in [2.24, 2.45) is 11.8 Å². The van der Waals surface area contributed by atoms with E-state index in [0.29, 0.717) is 0 Å². The van der Waals surface area contributed by atoms with Crippen molar-refractivity contribution < 1.29 is 0 Å². The fourth-order valence-electron chi connectivity index (χ4n) is 2.57. The molecule has 0 aromatic carbocycles. The van der Waals surface area contributed by atoms with Gasteiger partial charge in [-0.05, 0) is 45.2 Å². The Hall–Kier alpha value is 0.690. The topological polar surface area (TPSA) is 3.24 Å². The molecule has 0 spiro atoms. The minimum Gasteiger partial charge on any atom is -0.306 e. The lowest BCUT2D eigenvalue weighted by molar-refractivity contribution is 0.0344. The molecule has 3 saturated carbocycles. The normalized spacial score (nSPS) is 49.1. The van der Waals surface area contributed by atoms with E-state index >= 15 is 0 Å². The standard InChI is InChI=1S/C9H16IN/c1-11(2)9-5-8(10)6-3-7(9)4-6/h6-9H,3-5H2,1-2H3/t6?,7?,8-,9?/m1/s1. The molecule has 0 heterocycles. The Labute approximate surface area is 82.7 Å². The number of nitrogens with zero attached hydrogens (tertiary/aromatic N) is 1. The summed E-state index contributed by atoms with van der Waals surface area (Å²) in [6, 6.07) is 0.891. The number of fused-ring (bicyclic) bond motifs is 2. The lowest BCUT2D eigenvalue weighted by Gasteiger charge is -2.51. The van der Waals surface area contributed by atoms with Crippen LogP contribution in [0.3, 0.4) is 0 Å².